The molecule has 20 heavy (non-hydrogen) atoms. The van der Waals surface area contributed by atoms with Crippen LogP contribution < -0.4 is 11.5 Å². The molecule has 3 rings (SSSR count). The molecule has 7 nitrogen and oxygen atoms in total. The van der Waals surface area contributed by atoms with Gasteiger partial charge in [-0.25, -0.2) is 4.98 Å². The maximum absolute atomic E-state index is 9.34. The van der Waals surface area contributed by atoms with Crippen molar-refractivity contribution in [1.29, 1.82) is 0 Å². The average molecular weight is 276 g/mol. The van der Waals surface area contributed by atoms with Crippen molar-refractivity contribution < 1.29 is 5.11 Å². The molecule has 2 aromatic heterocycles. The Morgan fingerprint density at radius 1 is 1.35 bits per heavy atom. The maximum atomic E-state index is 9.34. The lowest BCUT2D eigenvalue weighted by Gasteiger charge is -2.51. The van der Waals surface area contributed by atoms with Crippen molar-refractivity contribution in [2.45, 2.75) is 26.8 Å². The van der Waals surface area contributed by atoms with Gasteiger partial charge >= 0.3 is 0 Å². The number of hydrogen-bond donors (Lipinski definition) is 3. The van der Waals surface area contributed by atoms with Gasteiger partial charge in [0.15, 0.2) is 11.5 Å². The second kappa shape index (κ2) is 4.31. The molecule has 0 radical (unpaired) electrons. The van der Waals surface area contributed by atoms with Gasteiger partial charge in [-0.15, -0.1) is 0 Å². The first-order valence-electron chi connectivity index (χ1n) is 6.78. The van der Waals surface area contributed by atoms with Crippen molar-refractivity contribution in [3.05, 3.63) is 6.33 Å². The number of aliphatic hydroxyl groups is 1. The van der Waals surface area contributed by atoms with Gasteiger partial charge in [-0.05, 0) is 23.7 Å². The van der Waals surface area contributed by atoms with Gasteiger partial charge < -0.3 is 21.1 Å². The summed E-state index contributed by atoms with van der Waals surface area (Å²) in [6.45, 7) is 5.43. The van der Waals surface area contributed by atoms with E-state index in [-0.39, 0.29) is 18.0 Å². The molecule has 0 aromatic carbocycles. The summed E-state index contributed by atoms with van der Waals surface area (Å²) in [5, 5.41) is 9.34. The molecular formula is C13H20N6O. The number of nitrogen functional groups attached to an aromatic ring is 2. The minimum atomic E-state index is 0.120. The average Bonchev–Trinajstić information content (AvgIpc) is 2.77. The molecular weight excluding hydrogens is 256 g/mol. The number of rotatable bonds is 3. The van der Waals surface area contributed by atoms with E-state index in [1.807, 2.05) is 4.57 Å². The standard InChI is InChI=1S/C13H20N6O/c1-13(2)7(3-8(13)5-20)4-19-6-16-9-10(14)17-12(15)18-11(9)19/h6-8,20H,3-5H2,1-2H3,(H4,14,15,17,18)/t7-,8+/m1/s1. The second-order valence-corrected chi connectivity index (χ2v) is 6.17. The number of aromatic nitrogens is 4. The Balaban J connectivity index is 1.89. The summed E-state index contributed by atoms with van der Waals surface area (Å²) in [6.07, 6.45) is 2.75. The topological polar surface area (TPSA) is 116 Å². The summed E-state index contributed by atoms with van der Waals surface area (Å²) in [6, 6.07) is 0. The molecule has 7 heteroatoms. The Labute approximate surface area is 117 Å². The van der Waals surface area contributed by atoms with Gasteiger partial charge in [-0.1, -0.05) is 13.8 Å². The normalized spacial score (nSPS) is 24.8. The third-order valence-electron chi connectivity index (χ3n) is 4.82. The second-order valence-electron chi connectivity index (χ2n) is 6.17. The van der Waals surface area contributed by atoms with Gasteiger partial charge in [0.25, 0.3) is 0 Å². The molecule has 108 valence electrons. The molecule has 0 unspecified atom stereocenters. The highest BCUT2D eigenvalue weighted by Crippen LogP contribution is 2.51. The lowest BCUT2D eigenvalue weighted by molar-refractivity contribution is -0.0591. The largest absolute Gasteiger partial charge is 0.396 e. The fourth-order valence-corrected chi connectivity index (χ4v) is 3.10. The van der Waals surface area contributed by atoms with Crippen LogP contribution in [0.15, 0.2) is 6.33 Å². The number of nitrogens with zero attached hydrogens (tertiary/aromatic N) is 4. The maximum Gasteiger partial charge on any atom is 0.224 e. The molecule has 0 saturated heterocycles. The summed E-state index contributed by atoms with van der Waals surface area (Å²) < 4.78 is 1.98. The lowest BCUT2D eigenvalue weighted by Crippen LogP contribution is -2.48. The Morgan fingerprint density at radius 2 is 2.10 bits per heavy atom. The molecule has 0 bridgehead atoms. The van der Waals surface area contributed by atoms with Crippen LogP contribution in [0.5, 0.6) is 0 Å². The molecule has 0 spiro atoms. The predicted molar refractivity (Wildman–Crippen MR) is 76.6 cm³/mol. The Hall–Kier alpha value is -1.89. The van der Waals surface area contributed by atoms with Crippen LogP contribution >= 0.6 is 0 Å². The molecule has 2 aromatic rings. The zero-order valence-electron chi connectivity index (χ0n) is 11.7. The third-order valence-corrected chi connectivity index (χ3v) is 4.82. The minimum absolute atomic E-state index is 0.120. The van der Waals surface area contributed by atoms with Gasteiger partial charge in [0.2, 0.25) is 5.95 Å². The van der Waals surface area contributed by atoms with E-state index in [1.54, 1.807) is 6.33 Å². The van der Waals surface area contributed by atoms with Crippen LogP contribution in [0, 0.1) is 17.3 Å². The van der Waals surface area contributed by atoms with E-state index in [4.69, 9.17) is 11.5 Å². The highest BCUT2D eigenvalue weighted by Gasteiger charge is 2.47. The quantitative estimate of drug-likeness (QED) is 0.757. The highest BCUT2D eigenvalue weighted by molar-refractivity contribution is 5.82. The van der Waals surface area contributed by atoms with Crippen LogP contribution in [-0.2, 0) is 6.54 Å². The summed E-state index contributed by atoms with van der Waals surface area (Å²) in [5.74, 6) is 1.33. The first-order valence-corrected chi connectivity index (χ1v) is 6.78. The predicted octanol–water partition coefficient (Wildman–Crippen LogP) is 0.645. The highest BCUT2D eigenvalue weighted by atomic mass is 16.3. The van der Waals surface area contributed by atoms with Crippen molar-refractivity contribution in [2.24, 2.45) is 17.3 Å². The van der Waals surface area contributed by atoms with Crippen LogP contribution in [0.4, 0.5) is 11.8 Å². The fraction of sp³-hybridized carbons (Fsp3) is 0.615. The number of imidazole rings is 1. The first kappa shape index (κ1) is 13.1. The number of hydrogen-bond acceptors (Lipinski definition) is 6. The Kier molecular flexibility index (Phi) is 2.82. The van der Waals surface area contributed by atoms with E-state index in [0.29, 0.717) is 28.8 Å². The van der Waals surface area contributed by atoms with Crippen molar-refractivity contribution in [3.8, 4) is 0 Å². The van der Waals surface area contributed by atoms with Crippen LogP contribution in [0.1, 0.15) is 20.3 Å². The first-order chi connectivity index (χ1) is 9.43. The third kappa shape index (κ3) is 1.81. The molecule has 5 N–H and O–H groups in total. The summed E-state index contributed by atoms with van der Waals surface area (Å²) in [7, 11) is 0. The van der Waals surface area contributed by atoms with Crippen LogP contribution in [-0.4, -0.2) is 31.2 Å². The lowest BCUT2D eigenvalue weighted by atomic mass is 9.55. The van der Waals surface area contributed by atoms with Gasteiger partial charge in [-0.2, -0.15) is 9.97 Å². The van der Waals surface area contributed by atoms with E-state index in [9.17, 15) is 5.11 Å². The number of nitrogens with two attached hydrogens (primary N) is 2. The summed E-state index contributed by atoms with van der Waals surface area (Å²) in [5.41, 5.74) is 12.8. The molecule has 0 amide bonds. The van der Waals surface area contributed by atoms with E-state index in [2.05, 4.69) is 28.8 Å². The SMILES string of the molecule is CC1(C)[C@H](CO)C[C@@H]1Cn1cnc2c(N)nc(N)nc21. The molecule has 1 saturated carbocycles. The van der Waals surface area contributed by atoms with Crippen molar-refractivity contribution in [1.82, 2.24) is 19.5 Å². The summed E-state index contributed by atoms with van der Waals surface area (Å²) in [4.78, 5) is 12.4. The smallest absolute Gasteiger partial charge is 0.224 e. The van der Waals surface area contributed by atoms with Crippen molar-refractivity contribution in [2.75, 3.05) is 18.1 Å². The van der Waals surface area contributed by atoms with Gasteiger partial charge in [0.1, 0.15) is 5.52 Å². The van der Waals surface area contributed by atoms with E-state index in [0.717, 1.165) is 13.0 Å². The van der Waals surface area contributed by atoms with Crippen LogP contribution in [0.2, 0.25) is 0 Å². The monoisotopic (exact) mass is 276 g/mol. The van der Waals surface area contributed by atoms with Gasteiger partial charge in [-0.3, -0.25) is 0 Å². The van der Waals surface area contributed by atoms with Crippen molar-refractivity contribution in [3.63, 3.8) is 0 Å². The zero-order chi connectivity index (χ0) is 14.5. The van der Waals surface area contributed by atoms with E-state index >= 15 is 0 Å². The molecule has 1 fully saturated rings. The van der Waals surface area contributed by atoms with Gasteiger partial charge in [0.05, 0.1) is 6.33 Å². The van der Waals surface area contributed by atoms with E-state index in [1.165, 1.54) is 0 Å². The molecule has 1 aliphatic rings. The fourth-order valence-electron chi connectivity index (χ4n) is 3.10. The molecule has 1 aliphatic carbocycles. The number of fused-ring (bicyclic) bond motifs is 1. The van der Waals surface area contributed by atoms with Crippen LogP contribution in [0.3, 0.4) is 0 Å². The number of anilines is 2. The zero-order valence-corrected chi connectivity index (χ0v) is 11.7. The molecule has 0 aliphatic heterocycles. The van der Waals surface area contributed by atoms with Crippen molar-refractivity contribution >= 4 is 22.9 Å². The Morgan fingerprint density at radius 3 is 2.75 bits per heavy atom. The number of aliphatic hydroxyl groups excluding tert-OH is 1. The molecule has 2 heterocycles. The minimum Gasteiger partial charge on any atom is -0.396 e. The van der Waals surface area contributed by atoms with E-state index < -0.39 is 0 Å². The molecule has 2 atom stereocenters. The summed E-state index contributed by atoms with van der Waals surface area (Å²) >= 11 is 0. The Bertz CT molecular complexity index is 650. The van der Waals surface area contributed by atoms with Crippen LogP contribution in [0.25, 0.3) is 11.2 Å². The van der Waals surface area contributed by atoms with Gasteiger partial charge in [0, 0.05) is 13.2 Å².